The minimum absolute atomic E-state index is 0.0620. The van der Waals surface area contributed by atoms with Crippen molar-refractivity contribution in [1.82, 2.24) is 0 Å². The van der Waals surface area contributed by atoms with Crippen molar-refractivity contribution in [2.75, 3.05) is 11.5 Å². The van der Waals surface area contributed by atoms with Gasteiger partial charge in [-0.25, -0.2) is 0 Å². The number of nitrogen functional groups attached to an aromatic ring is 2. The Labute approximate surface area is 144 Å². The summed E-state index contributed by atoms with van der Waals surface area (Å²) in [5.74, 6) is 0. The third kappa shape index (κ3) is 3.10. The average molecular weight is 344 g/mol. The molecule has 0 fully saturated rings. The van der Waals surface area contributed by atoms with Gasteiger partial charge in [0, 0.05) is 41.1 Å². The smallest absolute Gasteiger partial charge is 0.275 e. The van der Waals surface area contributed by atoms with Crippen LogP contribution in [0.1, 0.15) is 33.4 Å². The predicted molar refractivity (Wildman–Crippen MR) is 96.8 cm³/mol. The van der Waals surface area contributed by atoms with Gasteiger partial charge < -0.3 is 11.5 Å². The maximum absolute atomic E-state index is 11.4. The summed E-state index contributed by atoms with van der Waals surface area (Å²) in [6.45, 7) is 7.01. The van der Waals surface area contributed by atoms with E-state index >= 15 is 0 Å². The van der Waals surface area contributed by atoms with Gasteiger partial charge in [-0.2, -0.15) is 0 Å². The SMILES string of the molecule is Cc1c(N)cc([N+](=O)[O-])c(Cc2c([N+](=O)[O-])cc(N)c(C)c2C)c1C. The molecule has 0 radical (unpaired) electrons. The highest BCUT2D eigenvalue weighted by Gasteiger charge is 2.26. The molecule has 2 aromatic carbocycles. The molecular formula is C17H20N4O4. The van der Waals surface area contributed by atoms with Crippen molar-refractivity contribution < 1.29 is 9.85 Å². The second-order valence-electron chi connectivity index (χ2n) is 6.12. The fourth-order valence-electron chi connectivity index (χ4n) is 2.90. The molecule has 0 saturated heterocycles. The van der Waals surface area contributed by atoms with Crippen molar-refractivity contribution in [2.24, 2.45) is 0 Å². The van der Waals surface area contributed by atoms with Crippen LogP contribution in [0, 0.1) is 47.9 Å². The van der Waals surface area contributed by atoms with Crippen LogP contribution in [0.15, 0.2) is 12.1 Å². The zero-order valence-corrected chi connectivity index (χ0v) is 14.5. The van der Waals surface area contributed by atoms with E-state index in [-0.39, 0.29) is 17.8 Å². The largest absolute Gasteiger partial charge is 0.398 e. The van der Waals surface area contributed by atoms with Gasteiger partial charge in [0.2, 0.25) is 0 Å². The first-order chi connectivity index (χ1) is 11.6. The summed E-state index contributed by atoms with van der Waals surface area (Å²) in [7, 11) is 0. The maximum Gasteiger partial charge on any atom is 0.275 e. The molecule has 0 aliphatic heterocycles. The molecule has 2 aromatic rings. The van der Waals surface area contributed by atoms with Crippen LogP contribution in [0.3, 0.4) is 0 Å². The summed E-state index contributed by atoms with van der Waals surface area (Å²) in [6.07, 6.45) is 0.0620. The van der Waals surface area contributed by atoms with E-state index in [1.165, 1.54) is 12.1 Å². The van der Waals surface area contributed by atoms with Crippen LogP contribution in [0.5, 0.6) is 0 Å². The van der Waals surface area contributed by atoms with Gasteiger partial charge in [0.05, 0.1) is 9.85 Å². The van der Waals surface area contributed by atoms with E-state index in [1.807, 2.05) is 0 Å². The average Bonchev–Trinajstić information content (AvgIpc) is 2.54. The van der Waals surface area contributed by atoms with Crippen LogP contribution in [0.4, 0.5) is 22.7 Å². The zero-order valence-electron chi connectivity index (χ0n) is 14.5. The fraction of sp³-hybridized carbons (Fsp3) is 0.294. The van der Waals surface area contributed by atoms with Crippen LogP contribution in [0.25, 0.3) is 0 Å². The molecule has 0 aliphatic carbocycles. The van der Waals surface area contributed by atoms with Crippen molar-refractivity contribution in [1.29, 1.82) is 0 Å². The van der Waals surface area contributed by atoms with E-state index in [0.717, 1.165) is 11.1 Å². The van der Waals surface area contributed by atoms with Crippen LogP contribution in [-0.2, 0) is 6.42 Å². The molecule has 0 aliphatic rings. The summed E-state index contributed by atoms with van der Waals surface area (Å²) in [5.41, 5.74) is 15.7. The van der Waals surface area contributed by atoms with Crippen molar-refractivity contribution in [3.63, 3.8) is 0 Å². The number of nitrogens with two attached hydrogens (primary N) is 2. The second kappa shape index (κ2) is 6.39. The van der Waals surface area contributed by atoms with Crippen molar-refractivity contribution in [3.8, 4) is 0 Å². The summed E-state index contributed by atoms with van der Waals surface area (Å²) < 4.78 is 0. The Morgan fingerprint density at radius 1 is 0.760 bits per heavy atom. The number of hydrogen-bond donors (Lipinski definition) is 2. The Balaban J connectivity index is 2.77. The molecule has 0 saturated carbocycles. The monoisotopic (exact) mass is 344 g/mol. The van der Waals surface area contributed by atoms with Gasteiger partial charge in [0.25, 0.3) is 11.4 Å². The van der Waals surface area contributed by atoms with E-state index < -0.39 is 9.85 Å². The summed E-state index contributed by atoms with van der Waals surface area (Å²) in [5, 5.41) is 22.9. The van der Waals surface area contributed by atoms with Gasteiger partial charge in [0.1, 0.15) is 0 Å². The first-order valence-corrected chi connectivity index (χ1v) is 7.62. The van der Waals surface area contributed by atoms with Gasteiger partial charge in [-0.1, -0.05) is 0 Å². The van der Waals surface area contributed by atoms with Gasteiger partial charge in [-0.3, -0.25) is 20.2 Å². The normalized spacial score (nSPS) is 10.7. The molecule has 2 rings (SSSR count). The Hall–Kier alpha value is -3.16. The van der Waals surface area contributed by atoms with E-state index in [0.29, 0.717) is 33.6 Å². The zero-order chi connectivity index (χ0) is 19.0. The molecule has 8 heteroatoms. The molecule has 0 unspecified atom stereocenters. The Bertz CT molecular complexity index is 833. The van der Waals surface area contributed by atoms with Crippen molar-refractivity contribution in [3.05, 3.63) is 65.7 Å². The lowest BCUT2D eigenvalue weighted by molar-refractivity contribution is -0.386. The molecule has 0 heterocycles. The molecule has 0 atom stereocenters. The molecule has 0 spiro atoms. The summed E-state index contributed by atoms with van der Waals surface area (Å²) >= 11 is 0. The summed E-state index contributed by atoms with van der Waals surface area (Å²) in [6, 6.07) is 2.62. The number of nitro benzene ring substituents is 2. The molecule has 132 valence electrons. The molecule has 0 amide bonds. The quantitative estimate of drug-likeness (QED) is 0.494. The number of anilines is 2. The lowest BCUT2D eigenvalue weighted by atomic mass is 9.90. The van der Waals surface area contributed by atoms with Gasteiger partial charge in [-0.05, 0) is 49.9 Å². The van der Waals surface area contributed by atoms with Crippen molar-refractivity contribution >= 4 is 22.7 Å². The van der Waals surface area contributed by atoms with E-state index in [1.54, 1.807) is 27.7 Å². The lowest BCUT2D eigenvalue weighted by Gasteiger charge is -2.15. The molecule has 25 heavy (non-hydrogen) atoms. The number of hydrogen-bond acceptors (Lipinski definition) is 6. The third-order valence-electron chi connectivity index (χ3n) is 4.85. The fourth-order valence-corrected chi connectivity index (χ4v) is 2.90. The molecule has 8 nitrogen and oxygen atoms in total. The number of nitrogens with zero attached hydrogens (tertiary/aromatic N) is 2. The maximum atomic E-state index is 11.4. The summed E-state index contributed by atoms with van der Waals surface area (Å²) in [4.78, 5) is 21.9. The standard InChI is InChI=1S/C17H20N4O4/c1-8-10(3)14(18)6-16(20(22)23)12(8)5-13-9(2)11(4)15(19)7-17(13)21(24)25/h6-7H,5,18-19H2,1-4H3. The van der Waals surface area contributed by atoms with Crippen molar-refractivity contribution in [2.45, 2.75) is 34.1 Å². The highest BCUT2D eigenvalue weighted by Crippen LogP contribution is 2.36. The minimum Gasteiger partial charge on any atom is -0.398 e. The Morgan fingerprint density at radius 3 is 1.36 bits per heavy atom. The number of nitro groups is 2. The number of rotatable bonds is 4. The number of benzene rings is 2. The topological polar surface area (TPSA) is 138 Å². The third-order valence-corrected chi connectivity index (χ3v) is 4.85. The van der Waals surface area contributed by atoms with Gasteiger partial charge in [0.15, 0.2) is 0 Å². The molecule has 0 bridgehead atoms. The van der Waals surface area contributed by atoms with Crippen LogP contribution in [0.2, 0.25) is 0 Å². The van der Waals surface area contributed by atoms with Crippen LogP contribution in [-0.4, -0.2) is 9.85 Å². The molecule has 4 N–H and O–H groups in total. The Morgan fingerprint density at radius 2 is 1.08 bits per heavy atom. The van der Waals surface area contributed by atoms with Crippen LogP contribution >= 0.6 is 0 Å². The highest BCUT2D eigenvalue weighted by atomic mass is 16.6. The van der Waals surface area contributed by atoms with E-state index in [2.05, 4.69) is 0 Å². The van der Waals surface area contributed by atoms with Gasteiger partial charge >= 0.3 is 0 Å². The molecular weight excluding hydrogens is 324 g/mol. The van der Waals surface area contributed by atoms with E-state index in [4.69, 9.17) is 11.5 Å². The second-order valence-corrected chi connectivity index (χ2v) is 6.12. The first kappa shape index (κ1) is 18.2. The lowest BCUT2D eigenvalue weighted by Crippen LogP contribution is -2.08. The van der Waals surface area contributed by atoms with E-state index in [9.17, 15) is 20.2 Å². The van der Waals surface area contributed by atoms with Crippen LogP contribution < -0.4 is 11.5 Å². The highest BCUT2D eigenvalue weighted by molar-refractivity contribution is 5.67. The first-order valence-electron chi connectivity index (χ1n) is 7.62. The Kier molecular flexibility index (Phi) is 4.64. The predicted octanol–water partition coefficient (Wildman–Crippen LogP) is 3.49. The molecule has 0 aromatic heterocycles. The van der Waals surface area contributed by atoms with Gasteiger partial charge in [-0.15, -0.1) is 0 Å². The minimum atomic E-state index is -0.510.